The molecule has 0 bridgehead atoms. The number of halogens is 2. The van der Waals surface area contributed by atoms with Crippen LogP contribution in [-0.4, -0.2) is 11.7 Å². The van der Waals surface area contributed by atoms with Gasteiger partial charge in [-0.2, -0.15) is 0 Å². The first-order valence-electron chi connectivity index (χ1n) is 6.94. The van der Waals surface area contributed by atoms with E-state index >= 15 is 0 Å². The van der Waals surface area contributed by atoms with Gasteiger partial charge >= 0.3 is 0 Å². The molecule has 2 rings (SSSR count). The zero-order chi connectivity index (χ0) is 15.9. The minimum absolute atomic E-state index is 0.0874. The van der Waals surface area contributed by atoms with Crippen LogP contribution in [0.15, 0.2) is 47.4 Å². The average Bonchev–Trinajstić information content (AvgIpc) is 2.50. The SMILES string of the molecule is Cc1ccc(CNC(=O)CCSc2ccc(F)cc2)cc1F. The van der Waals surface area contributed by atoms with Gasteiger partial charge in [0.15, 0.2) is 0 Å². The molecule has 0 unspecified atom stereocenters. The van der Waals surface area contributed by atoms with Crippen LogP contribution >= 0.6 is 11.8 Å². The number of rotatable bonds is 6. The zero-order valence-electron chi connectivity index (χ0n) is 12.2. The number of hydrogen-bond donors (Lipinski definition) is 1. The average molecular weight is 321 g/mol. The van der Waals surface area contributed by atoms with Gasteiger partial charge in [-0.05, 0) is 48.4 Å². The predicted octanol–water partition coefficient (Wildman–Crippen LogP) is 4.07. The van der Waals surface area contributed by atoms with Crippen LogP contribution in [0.1, 0.15) is 17.5 Å². The second kappa shape index (κ2) is 7.94. The molecule has 0 aliphatic carbocycles. The largest absolute Gasteiger partial charge is 0.352 e. The molecule has 0 radical (unpaired) electrons. The lowest BCUT2D eigenvalue weighted by atomic mass is 10.1. The summed E-state index contributed by atoms with van der Waals surface area (Å²) < 4.78 is 26.1. The molecule has 0 heterocycles. The Bertz CT molecular complexity index is 644. The summed E-state index contributed by atoms with van der Waals surface area (Å²) in [7, 11) is 0. The number of carbonyl (C=O) groups is 1. The Morgan fingerprint density at radius 1 is 1.14 bits per heavy atom. The Hall–Kier alpha value is -1.88. The molecule has 116 valence electrons. The van der Waals surface area contributed by atoms with Crippen LogP contribution in [0.2, 0.25) is 0 Å². The van der Waals surface area contributed by atoms with Crippen molar-refractivity contribution >= 4 is 17.7 Å². The first kappa shape index (κ1) is 16.5. The Labute approximate surface area is 132 Å². The fourth-order valence-corrected chi connectivity index (χ4v) is 2.68. The van der Waals surface area contributed by atoms with Crippen molar-refractivity contribution in [3.63, 3.8) is 0 Å². The van der Waals surface area contributed by atoms with Gasteiger partial charge < -0.3 is 5.32 Å². The number of benzene rings is 2. The maximum atomic E-state index is 13.4. The molecule has 0 aliphatic rings. The molecule has 0 atom stereocenters. The minimum atomic E-state index is -0.271. The fraction of sp³-hybridized carbons (Fsp3) is 0.235. The second-order valence-corrected chi connectivity index (χ2v) is 6.08. The fourth-order valence-electron chi connectivity index (χ4n) is 1.83. The van der Waals surface area contributed by atoms with Gasteiger partial charge in [-0.25, -0.2) is 8.78 Å². The molecule has 1 amide bonds. The highest BCUT2D eigenvalue weighted by molar-refractivity contribution is 7.99. The molecule has 1 N–H and O–H groups in total. The summed E-state index contributed by atoms with van der Waals surface area (Å²) in [5.74, 6) is -0.0127. The number of amides is 1. The van der Waals surface area contributed by atoms with Gasteiger partial charge in [0.05, 0.1) is 0 Å². The van der Waals surface area contributed by atoms with Crippen molar-refractivity contribution in [2.45, 2.75) is 24.8 Å². The molecule has 0 saturated carbocycles. The molecule has 2 aromatic carbocycles. The molecule has 2 aromatic rings. The molecule has 0 saturated heterocycles. The summed E-state index contributed by atoms with van der Waals surface area (Å²) in [4.78, 5) is 12.7. The number of hydrogen-bond acceptors (Lipinski definition) is 2. The Balaban J connectivity index is 1.71. The quantitative estimate of drug-likeness (QED) is 0.813. The Kier molecular flexibility index (Phi) is 5.95. The van der Waals surface area contributed by atoms with E-state index in [9.17, 15) is 13.6 Å². The highest BCUT2D eigenvalue weighted by atomic mass is 32.2. The zero-order valence-corrected chi connectivity index (χ0v) is 13.1. The maximum Gasteiger partial charge on any atom is 0.221 e. The van der Waals surface area contributed by atoms with Crippen molar-refractivity contribution in [1.29, 1.82) is 0 Å². The van der Waals surface area contributed by atoms with E-state index in [-0.39, 0.29) is 17.5 Å². The van der Waals surface area contributed by atoms with Crippen molar-refractivity contribution in [3.8, 4) is 0 Å². The minimum Gasteiger partial charge on any atom is -0.352 e. The van der Waals surface area contributed by atoms with Gasteiger partial charge in [-0.3, -0.25) is 4.79 Å². The van der Waals surface area contributed by atoms with Gasteiger partial charge in [-0.1, -0.05) is 12.1 Å². The van der Waals surface area contributed by atoms with Crippen molar-refractivity contribution < 1.29 is 13.6 Å². The number of aryl methyl sites for hydroxylation is 1. The summed E-state index contributed by atoms with van der Waals surface area (Å²) in [6, 6.07) is 11.1. The lowest BCUT2D eigenvalue weighted by Crippen LogP contribution is -2.23. The molecule has 0 aromatic heterocycles. The van der Waals surface area contributed by atoms with Crippen LogP contribution in [0.5, 0.6) is 0 Å². The number of nitrogens with one attached hydrogen (secondary N) is 1. The molecule has 22 heavy (non-hydrogen) atoms. The van der Waals surface area contributed by atoms with E-state index in [2.05, 4.69) is 5.32 Å². The number of thioether (sulfide) groups is 1. The third-order valence-corrected chi connectivity index (χ3v) is 4.15. The van der Waals surface area contributed by atoms with Crippen LogP contribution in [0.25, 0.3) is 0 Å². The van der Waals surface area contributed by atoms with Crippen LogP contribution in [-0.2, 0) is 11.3 Å². The first-order valence-corrected chi connectivity index (χ1v) is 7.93. The third-order valence-electron chi connectivity index (χ3n) is 3.14. The highest BCUT2D eigenvalue weighted by Crippen LogP contribution is 2.18. The third kappa shape index (κ3) is 5.15. The molecular weight excluding hydrogens is 304 g/mol. The van der Waals surface area contributed by atoms with Gasteiger partial charge in [-0.15, -0.1) is 11.8 Å². The molecule has 0 fully saturated rings. The van der Waals surface area contributed by atoms with Crippen LogP contribution in [0.4, 0.5) is 8.78 Å². The lowest BCUT2D eigenvalue weighted by Gasteiger charge is -2.06. The van der Waals surface area contributed by atoms with Crippen molar-refractivity contribution in [3.05, 3.63) is 65.2 Å². The van der Waals surface area contributed by atoms with E-state index < -0.39 is 0 Å². The van der Waals surface area contributed by atoms with Gasteiger partial charge in [0.25, 0.3) is 0 Å². The van der Waals surface area contributed by atoms with Crippen LogP contribution < -0.4 is 5.32 Å². The smallest absolute Gasteiger partial charge is 0.221 e. The standard InChI is InChI=1S/C17H17F2NOS/c1-12-2-3-13(10-16(12)19)11-20-17(21)8-9-22-15-6-4-14(18)5-7-15/h2-7,10H,8-9,11H2,1H3,(H,20,21). The summed E-state index contributed by atoms with van der Waals surface area (Å²) in [5, 5.41) is 2.76. The van der Waals surface area contributed by atoms with Gasteiger partial charge in [0.2, 0.25) is 5.91 Å². The lowest BCUT2D eigenvalue weighted by molar-refractivity contribution is -0.120. The normalized spacial score (nSPS) is 10.5. The van der Waals surface area contributed by atoms with E-state index in [1.807, 2.05) is 0 Å². The second-order valence-electron chi connectivity index (χ2n) is 4.91. The summed E-state index contributed by atoms with van der Waals surface area (Å²) in [6.45, 7) is 2.02. The van der Waals surface area contributed by atoms with E-state index in [4.69, 9.17) is 0 Å². The van der Waals surface area contributed by atoms with Crippen molar-refractivity contribution in [2.75, 3.05) is 5.75 Å². The Morgan fingerprint density at radius 3 is 2.55 bits per heavy atom. The molecule has 0 aliphatic heterocycles. The highest BCUT2D eigenvalue weighted by Gasteiger charge is 2.04. The summed E-state index contributed by atoms with van der Waals surface area (Å²) in [6.07, 6.45) is 0.358. The molecular formula is C17H17F2NOS. The summed E-state index contributed by atoms with van der Waals surface area (Å²) in [5.41, 5.74) is 1.33. The van der Waals surface area contributed by atoms with Crippen molar-refractivity contribution in [2.24, 2.45) is 0 Å². The monoisotopic (exact) mass is 321 g/mol. The van der Waals surface area contributed by atoms with Gasteiger partial charge in [0, 0.05) is 23.6 Å². The van der Waals surface area contributed by atoms with Gasteiger partial charge in [0.1, 0.15) is 11.6 Å². The molecule has 0 spiro atoms. The van der Waals surface area contributed by atoms with E-state index in [1.165, 1.54) is 30.0 Å². The predicted molar refractivity (Wildman–Crippen MR) is 84.7 cm³/mol. The first-order chi connectivity index (χ1) is 10.5. The van der Waals surface area contributed by atoms with E-state index in [1.54, 1.807) is 31.2 Å². The Morgan fingerprint density at radius 2 is 1.86 bits per heavy atom. The van der Waals surface area contributed by atoms with E-state index in [0.29, 0.717) is 24.3 Å². The maximum absolute atomic E-state index is 13.4. The molecule has 5 heteroatoms. The molecule has 2 nitrogen and oxygen atoms in total. The van der Waals surface area contributed by atoms with E-state index in [0.717, 1.165) is 10.5 Å². The summed E-state index contributed by atoms with van der Waals surface area (Å²) >= 11 is 1.50. The topological polar surface area (TPSA) is 29.1 Å². The van der Waals surface area contributed by atoms with Crippen LogP contribution in [0.3, 0.4) is 0 Å². The van der Waals surface area contributed by atoms with Crippen molar-refractivity contribution in [1.82, 2.24) is 5.32 Å². The number of carbonyl (C=O) groups excluding carboxylic acids is 1. The van der Waals surface area contributed by atoms with Crippen LogP contribution in [0, 0.1) is 18.6 Å².